The Morgan fingerprint density at radius 1 is 1.21 bits per heavy atom. The van der Waals surface area contributed by atoms with E-state index < -0.39 is 0 Å². The lowest BCUT2D eigenvalue weighted by Gasteiger charge is -2.21. The van der Waals surface area contributed by atoms with E-state index in [0.29, 0.717) is 42.5 Å². The topological polar surface area (TPSA) is 114 Å². The molecule has 0 saturated carbocycles. The van der Waals surface area contributed by atoms with Gasteiger partial charge in [-0.05, 0) is 43.7 Å². The quantitative estimate of drug-likeness (QED) is 0.614. The number of nitrogens with zero attached hydrogens (tertiary/aromatic N) is 4. The molecule has 3 heterocycles. The van der Waals surface area contributed by atoms with Crippen LogP contribution in [-0.4, -0.2) is 38.1 Å². The number of piperidine rings is 1. The van der Waals surface area contributed by atoms with Crippen LogP contribution in [0.4, 0.5) is 17.2 Å². The summed E-state index contributed by atoms with van der Waals surface area (Å²) in [5.74, 6) is 1.67. The fourth-order valence-corrected chi connectivity index (χ4v) is 3.12. The van der Waals surface area contributed by atoms with Crippen LogP contribution < -0.4 is 16.0 Å². The second-order valence-corrected chi connectivity index (χ2v) is 6.84. The van der Waals surface area contributed by atoms with Gasteiger partial charge in [0.25, 0.3) is 0 Å². The molecular formula is C20H21N7O2. The number of anilines is 3. The lowest BCUT2D eigenvalue weighted by Crippen LogP contribution is -2.40. The molecule has 0 unspecified atom stereocenters. The maximum absolute atomic E-state index is 12.3. The summed E-state index contributed by atoms with van der Waals surface area (Å²) in [6.07, 6.45) is 4.47. The van der Waals surface area contributed by atoms with Gasteiger partial charge in [-0.15, -0.1) is 0 Å². The maximum Gasteiger partial charge on any atom is 0.229 e. The Labute approximate surface area is 167 Å². The zero-order valence-corrected chi connectivity index (χ0v) is 15.9. The monoisotopic (exact) mass is 391 g/mol. The summed E-state index contributed by atoms with van der Waals surface area (Å²) in [4.78, 5) is 32.4. The van der Waals surface area contributed by atoms with Gasteiger partial charge in [0.1, 0.15) is 11.6 Å². The van der Waals surface area contributed by atoms with Gasteiger partial charge in [0.2, 0.25) is 11.8 Å². The van der Waals surface area contributed by atoms with E-state index in [0.717, 1.165) is 5.69 Å². The van der Waals surface area contributed by atoms with E-state index in [1.807, 2.05) is 49.5 Å². The molecule has 1 aromatic carbocycles. The summed E-state index contributed by atoms with van der Waals surface area (Å²) < 4.78 is 1.67. The molecule has 1 aliphatic heterocycles. The zero-order valence-electron chi connectivity index (χ0n) is 15.9. The number of aryl methyl sites for hydroxylation is 1. The van der Waals surface area contributed by atoms with E-state index in [1.165, 1.54) is 0 Å². The lowest BCUT2D eigenvalue weighted by molar-refractivity contribution is -0.126. The molecule has 0 spiro atoms. The third-order valence-electron chi connectivity index (χ3n) is 4.62. The number of aromatic nitrogens is 4. The van der Waals surface area contributed by atoms with Crippen molar-refractivity contribution in [2.75, 3.05) is 17.2 Å². The molecule has 3 aromatic rings. The van der Waals surface area contributed by atoms with Crippen LogP contribution in [0.2, 0.25) is 0 Å². The van der Waals surface area contributed by atoms with Crippen molar-refractivity contribution in [1.29, 1.82) is 0 Å². The summed E-state index contributed by atoms with van der Waals surface area (Å²) in [5.41, 5.74) is 1.53. The fraction of sp³-hybridized carbons (Fsp3) is 0.250. The van der Waals surface area contributed by atoms with Crippen molar-refractivity contribution in [2.24, 2.45) is 5.92 Å². The van der Waals surface area contributed by atoms with Gasteiger partial charge in [0.15, 0.2) is 5.82 Å². The predicted octanol–water partition coefficient (Wildman–Crippen LogP) is 2.18. The smallest absolute Gasteiger partial charge is 0.229 e. The normalized spacial score (nSPS) is 16.2. The maximum atomic E-state index is 12.3. The average molecular weight is 391 g/mol. The van der Waals surface area contributed by atoms with Crippen LogP contribution in [-0.2, 0) is 9.59 Å². The van der Waals surface area contributed by atoms with Crippen molar-refractivity contribution in [2.45, 2.75) is 19.8 Å². The molecule has 0 aliphatic carbocycles. The largest absolute Gasteiger partial charge is 0.355 e. The number of nitrogens with one attached hydrogen (secondary N) is 3. The minimum atomic E-state index is -0.199. The van der Waals surface area contributed by atoms with Gasteiger partial charge in [0.05, 0.1) is 5.92 Å². The van der Waals surface area contributed by atoms with Crippen LogP contribution in [0.15, 0.2) is 48.8 Å². The van der Waals surface area contributed by atoms with Crippen molar-refractivity contribution >= 4 is 29.0 Å². The number of hydrogen-bond acceptors (Lipinski definition) is 6. The van der Waals surface area contributed by atoms with Crippen molar-refractivity contribution in [3.63, 3.8) is 0 Å². The minimum absolute atomic E-state index is 0.000139. The predicted molar refractivity (Wildman–Crippen MR) is 108 cm³/mol. The first-order valence-corrected chi connectivity index (χ1v) is 9.37. The van der Waals surface area contributed by atoms with E-state index in [1.54, 1.807) is 10.9 Å². The molecule has 29 heavy (non-hydrogen) atoms. The van der Waals surface area contributed by atoms with Crippen molar-refractivity contribution in [3.8, 4) is 5.82 Å². The number of rotatable bonds is 5. The van der Waals surface area contributed by atoms with Crippen molar-refractivity contribution in [1.82, 2.24) is 25.1 Å². The number of benzene rings is 1. The molecule has 2 aromatic heterocycles. The number of hydrogen-bond donors (Lipinski definition) is 3. The lowest BCUT2D eigenvalue weighted by atomic mass is 9.98. The highest BCUT2D eigenvalue weighted by molar-refractivity contribution is 5.94. The van der Waals surface area contributed by atoms with Crippen LogP contribution in [0.25, 0.3) is 5.82 Å². The SMILES string of the molecule is Cc1nc(Nc2ccc(NC(=O)[C@H]3CCC(=O)NC3)cc2)cc(-n2cccn2)n1. The minimum Gasteiger partial charge on any atom is -0.355 e. The summed E-state index contributed by atoms with van der Waals surface area (Å²) in [6, 6.07) is 11.0. The summed E-state index contributed by atoms with van der Waals surface area (Å²) in [5, 5.41) is 13.1. The van der Waals surface area contributed by atoms with Crippen molar-refractivity contribution < 1.29 is 9.59 Å². The highest BCUT2D eigenvalue weighted by Crippen LogP contribution is 2.20. The highest BCUT2D eigenvalue weighted by atomic mass is 16.2. The standard InChI is InChI=1S/C20H21N7O2/c1-13-23-17(11-18(24-13)27-10-2-9-22-27)25-15-4-6-16(7-5-15)26-20(29)14-3-8-19(28)21-12-14/h2,4-7,9-11,14H,3,8,12H2,1H3,(H,21,28)(H,26,29)(H,23,24,25)/t14-/m0/s1. The Balaban J connectivity index is 1.41. The molecular weight excluding hydrogens is 370 g/mol. The van der Waals surface area contributed by atoms with Crippen LogP contribution >= 0.6 is 0 Å². The molecule has 1 aliphatic rings. The Kier molecular flexibility index (Phi) is 5.19. The van der Waals surface area contributed by atoms with Gasteiger partial charge in [-0.2, -0.15) is 5.10 Å². The van der Waals surface area contributed by atoms with Gasteiger partial charge >= 0.3 is 0 Å². The van der Waals surface area contributed by atoms with Crippen LogP contribution in [0.3, 0.4) is 0 Å². The second kappa shape index (κ2) is 8.09. The Morgan fingerprint density at radius 3 is 2.69 bits per heavy atom. The van der Waals surface area contributed by atoms with E-state index in [2.05, 4.69) is 31.0 Å². The Hall–Kier alpha value is -3.75. The molecule has 1 atom stereocenters. The van der Waals surface area contributed by atoms with Crippen LogP contribution in [0.1, 0.15) is 18.7 Å². The molecule has 0 radical (unpaired) electrons. The molecule has 4 rings (SSSR count). The molecule has 9 heteroatoms. The van der Waals surface area contributed by atoms with E-state index in [4.69, 9.17) is 0 Å². The van der Waals surface area contributed by atoms with Crippen molar-refractivity contribution in [3.05, 3.63) is 54.6 Å². The summed E-state index contributed by atoms with van der Waals surface area (Å²) in [7, 11) is 0. The average Bonchev–Trinajstić information content (AvgIpc) is 3.24. The van der Waals surface area contributed by atoms with E-state index in [9.17, 15) is 9.59 Å². The van der Waals surface area contributed by atoms with Gasteiger partial charge in [-0.1, -0.05) is 0 Å². The second-order valence-electron chi connectivity index (χ2n) is 6.84. The Bertz CT molecular complexity index is 1010. The van der Waals surface area contributed by atoms with E-state index in [-0.39, 0.29) is 17.7 Å². The highest BCUT2D eigenvalue weighted by Gasteiger charge is 2.24. The third-order valence-corrected chi connectivity index (χ3v) is 4.62. The molecule has 9 nitrogen and oxygen atoms in total. The first-order valence-electron chi connectivity index (χ1n) is 9.37. The van der Waals surface area contributed by atoms with E-state index >= 15 is 0 Å². The number of carbonyl (C=O) groups excluding carboxylic acids is 2. The molecule has 1 saturated heterocycles. The fourth-order valence-electron chi connectivity index (χ4n) is 3.12. The molecule has 1 fully saturated rings. The number of carbonyl (C=O) groups is 2. The molecule has 2 amide bonds. The van der Waals surface area contributed by atoms with Crippen LogP contribution in [0, 0.1) is 12.8 Å². The molecule has 3 N–H and O–H groups in total. The first-order chi connectivity index (χ1) is 14.1. The zero-order chi connectivity index (χ0) is 20.2. The Morgan fingerprint density at radius 2 is 2.00 bits per heavy atom. The molecule has 148 valence electrons. The van der Waals surface area contributed by atoms with Gasteiger partial charge in [0, 0.05) is 42.8 Å². The van der Waals surface area contributed by atoms with Gasteiger partial charge < -0.3 is 16.0 Å². The summed E-state index contributed by atoms with van der Waals surface area (Å²) >= 11 is 0. The number of amides is 2. The van der Waals surface area contributed by atoms with Crippen LogP contribution in [0.5, 0.6) is 0 Å². The summed E-state index contributed by atoms with van der Waals surface area (Å²) in [6.45, 7) is 2.21. The van der Waals surface area contributed by atoms with Gasteiger partial charge in [-0.25, -0.2) is 14.6 Å². The first kappa shape index (κ1) is 18.6. The molecule has 0 bridgehead atoms. The third kappa shape index (κ3) is 4.57. The van der Waals surface area contributed by atoms with Gasteiger partial charge in [-0.3, -0.25) is 9.59 Å².